The summed E-state index contributed by atoms with van der Waals surface area (Å²) < 4.78 is 0. The van der Waals surface area contributed by atoms with Gasteiger partial charge in [0.25, 0.3) is 0 Å². The molecule has 1 aliphatic rings. The molecule has 0 N–H and O–H groups in total. The van der Waals surface area contributed by atoms with Crippen molar-refractivity contribution in [2.75, 3.05) is 0 Å². The first kappa shape index (κ1) is 13.0. The number of benzene rings is 1. The second-order valence-corrected chi connectivity index (χ2v) is 6.08. The van der Waals surface area contributed by atoms with Crippen molar-refractivity contribution < 1.29 is 0 Å². The molecular weight excluding hydrogens is 228 g/mol. The minimum Gasteiger partial charge on any atom is -0.117 e. The van der Waals surface area contributed by atoms with Gasteiger partial charge in [-0.05, 0) is 49.7 Å². The van der Waals surface area contributed by atoms with E-state index in [0.717, 1.165) is 0 Å². The van der Waals surface area contributed by atoms with Crippen molar-refractivity contribution in [1.29, 1.82) is 0 Å². The lowest BCUT2D eigenvalue weighted by Crippen LogP contribution is -2.22. The highest BCUT2D eigenvalue weighted by Gasteiger charge is 2.39. The summed E-state index contributed by atoms with van der Waals surface area (Å²) in [6.45, 7) is 6.63. The number of hydrogen-bond donors (Lipinski definition) is 0. The average Bonchev–Trinajstić information content (AvgIpc) is 2.78. The van der Waals surface area contributed by atoms with E-state index in [1.54, 1.807) is 0 Å². The minimum atomic E-state index is 0.190. The molecule has 0 aliphatic heterocycles. The summed E-state index contributed by atoms with van der Waals surface area (Å²) in [5.74, 6) is 0. The number of halogens is 1. The molecule has 0 radical (unpaired) electrons. The number of rotatable bonds is 3. The fraction of sp³-hybridized carbons (Fsp3) is 0.625. The van der Waals surface area contributed by atoms with Gasteiger partial charge < -0.3 is 0 Å². The lowest BCUT2D eigenvalue weighted by Gasteiger charge is -2.34. The van der Waals surface area contributed by atoms with Gasteiger partial charge in [0.2, 0.25) is 0 Å². The number of alkyl halides is 1. The van der Waals surface area contributed by atoms with Crippen LogP contribution in [0.1, 0.15) is 61.1 Å². The van der Waals surface area contributed by atoms with Crippen LogP contribution in [0.3, 0.4) is 0 Å². The Labute approximate surface area is 110 Å². The standard InChI is InChI=1S/C16H23Cl/c1-4-16(9-5-6-10-16)15(17)14-8-7-12(2)11-13(14)3/h7-8,11,15H,4-6,9-10H2,1-3H3. The summed E-state index contributed by atoms with van der Waals surface area (Å²) in [6.07, 6.45) is 6.49. The Hall–Kier alpha value is -0.490. The van der Waals surface area contributed by atoms with E-state index in [4.69, 9.17) is 11.6 Å². The SMILES string of the molecule is CCC1(C(Cl)c2ccc(C)cc2C)CCCC1. The Morgan fingerprint density at radius 3 is 2.41 bits per heavy atom. The van der Waals surface area contributed by atoms with E-state index >= 15 is 0 Å². The quantitative estimate of drug-likeness (QED) is 0.617. The summed E-state index contributed by atoms with van der Waals surface area (Å²) in [5, 5.41) is 0.190. The molecule has 1 atom stereocenters. The topological polar surface area (TPSA) is 0 Å². The largest absolute Gasteiger partial charge is 0.117 e. The molecule has 1 unspecified atom stereocenters. The van der Waals surface area contributed by atoms with E-state index in [9.17, 15) is 0 Å². The molecule has 0 spiro atoms. The van der Waals surface area contributed by atoms with E-state index in [1.807, 2.05) is 0 Å². The molecule has 1 aliphatic carbocycles. The first-order valence-electron chi connectivity index (χ1n) is 6.80. The molecule has 2 rings (SSSR count). The van der Waals surface area contributed by atoms with Crippen LogP contribution in [0.15, 0.2) is 18.2 Å². The normalized spacial score (nSPS) is 20.5. The molecule has 1 aromatic rings. The van der Waals surface area contributed by atoms with Crippen molar-refractivity contribution in [2.24, 2.45) is 5.41 Å². The third-order valence-corrected chi connectivity index (χ3v) is 5.24. The van der Waals surface area contributed by atoms with Gasteiger partial charge in [-0.2, -0.15) is 0 Å². The molecule has 1 fully saturated rings. The van der Waals surface area contributed by atoms with Crippen molar-refractivity contribution >= 4 is 11.6 Å². The van der Waals surface area contributed by atoms with Crippen LogP contribution < -0.4 is 0 Å². The molecule has 0 saturated heterocycles. The zero-order chi connectivity index (χ0) is 12.5. The van der Waals surface area contributed by atoms with Crippen molar-refractivity contribution in [3.63, 3.8) is 0 Å². The van der Waals surface area contributed by atoms with Gasteiger partial charge in [-0.1, -0.05) is 43.5 Å². The summed E-state index contributed by atoms with van der Waals surface area (Å²) in [5.41, 5.74) is 4.37. The van der Waals surface area contributed by atoms with Gasteiger partial charge in [0.15, 0.2) is 0 Å². The van der Waals surface area contributed by atoms with Gasteiger partial charge in [0, 0.05) is 0 Å². The van der Waals surface area contributed by atoms with Crippen LogP contribution in [0.4, 0.5) is 0 Å². The van der Waals surface area contributed by atoms with Crippen molar-refractivity contribution in [3.05, 3.63) is 34.9 Å². The maximum atomic E-state index is 6.83. The van der Waals surface area contributed by atoms with Gasteiger partial charge in [-0.25, -0.2) is 0 Å². The molecule has 0 amide bonds. The Kier molecular flexibility index (Phi) is 3.82. The summed E-state index contributed by atoms with van der Waals surface area (Å²) in [6, 6.07) is 6.68. The fourth-order valence-corrected chi connectivity index (χ4v) is 3.92. The smallest absolute Gasteiger partial charge is 0.0643 e. The third-order valence-electron chi connectivity index (χ3n) is 4.54. The van der Waals surface area contributed by atoms with Crippen molar-refractivity contribution in [1.82, 2.24) is 0 Å². The number of hydrogen-bond acceptors (Lipinski definition) is 0. The molecule has 1 saturated carbocycles. The van der Waals surface area contributed by atoms with Crippen LogP contribution in [-0.4, -0.2) is 0 Å². The Morgan fingerprint density at radius 1 is 1.24 bits per heavy atom. The molecule has 0 heterocycles. The number of aryl methyl sites for hydroxylation is 2. The predicted molar refractivity (Wildman–Crippen MR) is 75.7 cm³/mol. The predicted octanol–water partition coefficient (Wildman–Crippen LogP) is 5.55. The second-order valence-electron chi connectivity index (χ2n) is 5.65. The maximum Gasteiger partial charge on any atom is 0.0643 e. The van der Waals surface area contributed by atoms with Gasteiger partial charge in [-0.15, -0.1) is 11.6 Å². The van der Waals surface area contributed by atoms with Gasteiger partial charge in [-0.3, -0.25) is 0 Å². The highest BCUT2D eigenvalue weighted by molar-refractivity contribution is 6.21. The third kappa shape index (κ3) is 2.38. The zero-order valence-corrected chi connectivity index (χ0v) is 12.0. The monoisotopic (exact) mass is 250 g/mol. The lowest BCUT2D eigenvalue weighted by molar-refractivity contribution is 0.270. The Bertz CT molecular complexity index is 389. The second kappa shape index (κ2) is 5.02. The molecule has 0 nitrogen and oxygen atoms in total. The summed E-state index contributed by atoms with van der Waals surface area (Å²) >= 11 is 6.83. The van der Waals surface area contributed by atoms with Crippen LogP contribution in [0.2, 0.25) is 0 Å². The van der Waals surface area contributed by atoms with E-state index in [1.165, 1.54) is 48.8 Å². The van der Waals surface area contributed by atoms with Gasteiger partial charge in [0.05, 0.1) is 5.38 Å². The van der Waals surface area contributed by atoms with Gasteiger partial charge >= 0.3 is 0 Å². The first-order chi connectivity index (χ1) is 8.09. The van der Waals surface area contributed by atoms with Crippen LogP contribution in [0.5, 0.6) is 0 Å². The maximum absolute atomic E-state index is 6.83. The molecular formula is C16H23Cl. The highest BCUT2D eigenvalue weighted by atomic mass is 35.5. The zero-order valence-electron chi connectivity index (χ0n) is 11.2. The molecule has 17 heavy (non-hydrogen) atoms. The highest BCUT2D eigenvalue weighted by Crippen LogP contribution is 2.53. The Morgan fingerprint density at radius 2 is 1.88 bits per heavy atom. The van der Waals surface area contributed by atoms with E-state index in [2.05, 4.69) is 39.0 Å². The first-order valence-corrected chi connectivity index (χ1v) is 7.24. The summed E-state index contributed by atoms with van der Waals surface area (Å²) in [7, 11) is 0. The van der Waals surface area contributed by atoms with Crippen LogP contribution in [0, 0.1) is 19.3 Å². The molecule has 1 heteroatoms. The van der Waals surface area contributed by atoms with E-state index in [0.29, 0.717) is 5.41 Å². The Balaban J connectivity index is 2.32. The van der Waals surface area contributed by atoms with Crippen molar-refractivity contribution in [2.45, 2.75) is 58.3 Å². The average molecular weight is 251 g/mol. The van der Waals surface area contributed by atoms with E-state index < -0.39 is 0 Å². The van der Waals surface area contributed by atoms with Crippen LogP contribution >= 0.6 is 11.6 Å². The molecule has 0 aromatic heterocycles. The minimum absolute atomic E-state index is 0.190. The van der Waals surface area contributed by atoms with Crippen LogP contribution in [0.25, 0.3) is 0 Å². The summed E-state index contributed by atoms with van der Waals surface area (Å²) in [4.78, 5) is 0. The fourth-order valence-electron chi connectivity index (χ4n) is 3.31. The van der Waals surface area contributed by atoms with Crippen LogP contribution in [-0.2, 0) is 0 Å². The molecule has 1 aromatic carbocycles. The van der Waals surface area contributed by atoms with Crippen molar-refractivity contribution in [3.8, 4) is 0 Å². The van der Waals surface area contributed by atoms with Gasteiger partial charge in [0.1, 0.15) is 0 Å². The molecule has 94 valence electrons. The molecule has 0 bridgehead atoms. The lowest BCUT2D eigenvalue weighted by atomic mass is 9.76. The van der Waals surface area contributed by atoms with E-state index in [-0.39, 0.29) is 5.38 Å².